The number of allylic oxidation sites excluding steroid dienone is 1. The maximum absolute atomic E-state index is 12.8. The van der Waals surface area contributed by atoms with E-state index in [0.29, 0.717) is 32.1 Å². The van der Waals surface area contributed by atoms with Gasteiger partial charge in [0.05, 0.1) is 32.0 Å². The van der Waals surface area contributed by atoms with Crippen LogP contribution in [0.5, 0.6) is 0 Å². The molecule has 1 rings (SSSR count). The number of Topliss-reactive ketones (excluding diaryl/α,β-unsaturated/α-hetero) is 1. The number of aliphatic hydroxyl groups excluding tert-OH is 4. The van der Waals surface area contributed by atoms with Gasteiger partial charge in [0.15, 0.2) is 6.10 Å². The van der Waals surface area contributed by atoms with Gasteiger partial charge in [-0.05, 0) is 37.5 Å². The molecule has 0 aromatic rings. The highest BCUT2D eigenvalue weighted by atomic mass is 31.2. The van der Waals surface area contributed by atoms with Crippen molar-refractivity contribution in [3.8, 4) is 0 Å². The van der Waals surface area contributed by atoms with E-state index in [0.717, 1.165) is 57.3 Å². The number of rotatable bonds is 41. The summed E-state index contributed by atoms with van der Waals surface area (Å²) in [7, 11) is -4.68. The summed E-state index contributed by atoms with van der Waals surface area (Å²) in [6.45, 7) is 4.40. The molecule has 1 aliphatic carbocycles. The van der Waals surface area contributed by atoms with Gasteiger partial charge in [-0.15, -0.1) is 0 Å². The molecule has 1 aliphatic rings. The van der Waals surface area contributed by atoms with E-state index in [4.69, 9.17) is 23.6 Å². The van der Waals surface area contributed by atoms with Gasteiger partial charge in [0.2, 0.25) is 0 Å². The van der Waals surface area contributed by atoms with Crippen LogP contribution in [0.25, 0.3) is 0 Å². The Hall–Kier alpha value is -1.70. The number of esters is 2. The molecule has 5 N–H and O–H groups in total. The molecule has 8 atom stereocenters. The number of ether oxygens (including phenoxy) is 2. The predicted octanol–water partition coefficient (Wildman–Crippen LogP) is 9.62. The number of hydrogen-bond acceptors (Lipinski definition) is 12. The summed E-state index contributed by atoms with van der Waals surface area (Å²) in [6, 6.07) is 0. The van der Waals surface area contributed by atoms with E-state index < -0.39 is 69.9 Å². The Morgan fingerprint density at radius 2 is 1.26 bits per heavy atom. The average Bonchev–Trinajstić information content (AvgIpc) is 3.51. The zero-order valence-corrected chi connectivity index (χ0v) is 39.2. The Bertz CT molecular complexity index is 1200. The molecule has 0 saturated heterocycles. The molecular formula is C47H87O13P. The fraction of sp³-hybridized carbons (Fsp3) is 0.894. The van der Waals surface area contributed by atoms with Crippen LogP contribution >= 0.6 is 7.82 Å². The number of phosphoric ester groups is 1. The van der Waals surface area contributed by atoms with Crippen LogP contribution in [0.15, 0.2) is 12.2 Å². The van der Waals surface area contributed by atoms with E-state index >= 15 is 0 Å². The lowest BCUT2D eigenvalue weighted by Gasteiger charge is -2.20. The number of hydrogen-bond donors (Lipinski definition) is 5. The third-order valence-electron chi connectivity index (χ3n) is 11.9. The van der Waals surface area contributed by atoms with E-state index in [1.165, 1.54) is 77.0 Å². The van der Waals surface area contributed by atoms with E-state index in [-0.39, 0.29) is 37.6 Å². The standard InChI is InChI=1S/C47H87O13P/c1-4-6-21-27-39(49)31-32-43-42(44(51)33-45(43)52)28-23-19-20-25-30-47(54)60-41(37-59-61(55,56)58-35-40(50)34-48)36-57-46(53)29-24-18-16-14-12-10-8-7-9-11-13-15-17-22-26-38(3)5-2/h31-32,38-44,48-51H,4-30,33-37H2,1-3H3,(H,55,56)/b32-31+/t38?,39-,40-,41+,42+,43+,44-/m0/s1. The average molecular weight is 891 g/mol. The first-order chi connectivity index (χ1) is 29.3. The number of phosphoric acid groups is 1. The van der Waals surface area contributed by atoms with Gasteiger partial charge in [-0.2, -0.15) is 0 Å². The summed E-state index contributed by atoms with van der Waals surface area (Å²) in [5.74, 6) is -0.852. The molecule has 0 aromatic carbocycles. The fourth-order valence-electron chi connectivity index (χ4n) is 7.70. The van der Waals surface area contributed by atoms with Gasteiger partial charge in [-0.3, -0.25) is 23.4 Å². The van der Waals surface area contributed by atoms with Crippen molar-refractivity contribution in [3.63, 3.8) is 0 Å². The minimum Gasteiger partial charge on any atom is -0.462 e. The van der Waals surface area contributed by atoms with E-state index in [1.54, 1.807) is 12.2 Å². The number of unbranched alkanes of at least 4 members (excludes halogenated alkanes) is 18. The van der Waals surface area contributed by atoms with Crippen LogP contribution in [-0.4, -0.2) is 93.9 Å². The molecule has 1 fully saturated rings. The van der Waals surface area contributed by atoms with Gasteiger partial charge in [0.25, 0.3) is 0 Å². The summed E-state index contributed by atoms with van der Waals surface area (Å²) in [5.41, 5.74) is 0. The third-order valence-corrected chi connectivity index (χ3v) is 12.8. The van der Waals surface area contributed by atoms with Gasteiger partial charge < -0.3 is 34.8 Å². The molecule has 0 amide bonds. The zero-order valence-electron chi connectivity index (χ0n) is 38.3. The molecule has 2 unspecified atom stereocenters. The Morgan fingerprint density at radius 1 is 0.738 bits per heavy atom. The molecule has 0 spiro atoms. The molecule has 61 heavy (non-hydrogen) atoms. The Kier molecular flexibility index (Phi) is 34.4. The molecule has 0 heterocycles. The summed E-state index contributed by atoms with van der Waals surface area (Å²) in [5, 5.41) is 39.2. The van der Waals surface area contributed by atoms with Gasteiger partial charge >= 0.3 is 19.8 Å². The highest BCUT2D eigenvalue weighted by Gasteiger charge is 2.39. The molecule has 14 heteroatoms. The fourth-order valence-corrected chi connectivity index (χ4v) is 8.49. The molecule has 13 nitrogen and oxygen atoms in total. The molecule has 0 aromatic heterocycles. The zero-order chi connectivity index (χ0) is 45.1. The van der Waals surface area contributed by atoms with Crippen LogP contribution in [0.2, 0.25) is 0 Å². The summed E-state index contributed by atoms with van der Waals surface area (Å²) < 4.78 is 32.8. The van der Waals surface area contributed by atoms with E-state index in [9.17, 15) is 39.2 Å². The molecule has 358 valence electrons. The van der Waals surface area contributed by atoms with Crippen LogP contribution in [0.1, 0.15) is 201 Å². The minimum atomic E-state index is -4.68. The third kappa shape index (κ3) is 30.9. The Balaban J connectivity index is 2.38. The topological polar surface area (TPSA) is 206 Å². The summed E-state index contributed by atoms with van der Waals surface area (Å²) in [4.78, 5) is 47.8. The molecular weight excluding hydrogens is 803 g/mol. The van der Waals surface area contributed by atoms with Crippen LogP contribution < -0.4 is 0 Å². The van der Waals surface area contributed by atoms with Crippen molar-refractivity contribution in [2.75, 3.05) is 26.4 Å². The SMILES string of the molecule is CCCCC[C@H](O)/C=C/[C@H]1C(=O)C[C@H](O)[C@@H]1CCCCCCC(=O)O[C@H](COC(=O)CCCCCCCCCCCCCCCCC(C)CC)COP(=O)(O)OC[C@@H](O)CO. The maximum atomic E-state index is 12.8. The van der Waals surface area contributed by atoms with Crippen LogP contribution in [0.4, 0.5) is 0 Å². The largest absolute Gasteiger partial charge is 0.472 e. The number of aliphatic hydroxyl groups is 4. The second kappa shape index (κ2) is 36.6. The molecule has 1 saturated carbocycles. The smallest absolute Gasteiger partial charge is 0.462 e. The number of carbonyl (C=O) groups excluding carboxylic acids is 3. The van der Waals surface area contributed by atoms with Crippen molar-refractivity contribution in [2.45, 2.75) is 225 Å². The van der Waals surface area contributed by atoms with Crippen molar-refractivity contribution >= 4 is 25.5 Å². The Morgan fingerprint density at radius 3 is 1.84 bits per heavy atom. The summed E-state index contributed by atoms with van der Waals surface area (Å²) >= 11 is 0. The lowest BCUT2D eigenvalue weighted by molar-refractivity contribution is -0.161. The quantitative estimate of drug-likeness (QED) is 0.0168. The second-order valence-corrected chi connectivity index (χ2v) is 19.0. The van der Waals surface area contributed by atoms with Crippen LogP contribution in [-0.2, 0) is 37.5 Å². The van der Waals surface area contributed by atoms with Crippen molar-refractivity contribution in [3.05, 3.63) is 12.2 Å². The first-order valence-corrected chi connectivity index (χ1v) is 25.6. The van der Waals surface area contributed by atoms with Gasteiger partial charge in [0, 0.05) is 25.2 Å². The molecule has 0 bridgehead atoms. The van der Waals surface area contributed by atoms with Gasteiger partial charge in [-0.25, -0.2) is 4.57 Å². The minimum absolute atomic E-state index is 0.0152. The van der Waals surface area contributed by atoms with Gasteiger partial charge in [-0.1, -0.05) is 168 Å². The second-order valence-electron chi connectivity index (χ2n) is 17.5. The van der Waals surface area contributed by atoms with Crippen LogP contribution in [0, 0.1) is 17.8 Å². The summed E-state index contributed by atoms with van der Waals surface area (Å²) in [6.07, 6.45) is 26.4. The predicted molar refractivity (Wildman–Crippen MR) is 239 cm³/mol. The van der Waals surface area contributed by atoms with Crippen molar-refractivity contribution in [1.82, 2.24) is 0 Å². The highest BCUT2D eigenvalue weighted by Crippen LogP contribution is 2.43. The Labute approximate surface area is 368 Å². The first kappa shape index (κ1) is 57.3. The van der Waals surface area contributed by atoms with Crippen molar-refractivity contribution in [1.29, 1.82) is 0 Å². The molecule has 0 radical (unpaired) electrons. The highest BCUT2D eigenvalue weighted by molar-refractivity contribution is 7.47. The normalized spacial score (nSPS) is 19.8. The monoisotopic (exact) mass is 891 g/mol. The lowest BCUT2D eigenvalue weighted by Crippen LogP contribution is -2.29. The van der Waals surface area contributed by atoms with E-state index in [2.05, 4.69) is 20.8 Å². The van der Waals surface area contributed by atoms with Crippen molar-refractivity contribution < 1.29 is 62.8 Å². The lowest BCUT2D eigenvalue weighted by atomic mass is 9.88. The number of carbonyl (C=O) groups is 3. The first-order valence-electron chi connectivity index (χ1n) is 24.1. The van der Waals surface area contributed by atoms with Gasteiger partial charge in [0.1, 0.15) is 18.5 Å². The van der Waals surface area contributed by atoms with E-state index in [1.807, 2.05) is 0 Å². The number of ketones is 1. The molecule has 0 aliphatic heterocycles. The van der Waals surface area contributed by atoms with Crippen molar-refractivity contribution in [2.24, 2.45) is 17.8 Å². The van der Waals surface area contributed by atoms with Crippen LogP contribution in [0.3, 0.4) is 0 Å². The maximum Gasteiger partial charge on any atom is 0.472 e.